The van der Waals surface area contributed by atoms with Gasteiger partial charge >= 0.3 is 6.18 Å². The second kappa shape index (κ2) is 10.8. The number of amides is 2. The van der Waals surface area contributed by atoms with Crippen LogP contribution in [0.4, 0.5) is 13.2 Å². The molecule has 1 fully saturated rings. The van der Waals surface area contributed by atoms with Crippen molar-refractivity contribution in [3.05, 3.63) is 95.1 Å². The van der Waals surface area contributed by atoms with Crippen molar-refractivity contribution in [3.8, 4) is 11.5 Å². The Labute approximate surface area is 207 Å². The predicted octanol–water partition coefficient (Wildman–Crippen LogP) is 6.18. The van der Waals surface area contributed by atoms with Gasteiger partial charge < -0.3 is 15.8 Å². The fourth-order valence-electron chi connectivity index (χ4n) is 4.59. The van der Waals surface area contributed by atoms with Gasteiger partial charge in [0.15, 0.2) is 0 Å². The summed E-state index contributed by atoms with van der Waals surface area (Å²) in [5, 5.41) is 2.96. The van der Waals surface area contributed by atoms with Gasteiger partial charge in [-0.15, -0.1) is 0 Å². The summed E-state index contributed by atoms with van der Waals surface area (Å²) in [6, 6.07) is 18.4. The first-order chi connectivity index (χ1) is 17.2. The molecule has 0 bridgehead atoms. The summed E-state index contributed by atoms with van der Waals surface area (Å²) in [6.07, 6.45) is -0.261. The molecule has 2 amide bonds. The first kappa shape index (κ1) is 25.3. The molecule has 3 N–H and O–H groups in total. The van der Waals surface area contributed by atoms with Crippen LogP contribution in [-0.2, 0) is 11.0 Å². The first-order valence-electron chi connectivity index (χ1n) is 11.9. The molecule has 1 aliphatic rings. The number of primary amides is 1. The zero-order valence-electron chi connectivity index (χ0n) is 19.6. The quantitative estimate of drug-likeness (QED) is 0.410. The minimum atomic E-state index is -4.80. The number of hydrogen-bond acceptors (Lipinski definition) is 3. The number of carbonyl (C=O) groups is 2. The molecule has 1 atom stereocenters. The summed E-state index contributed by atoms with van der Waals surface area (Å²) < 4.78 is 48.3. The van der Waals surface area contributed by atoms with Gasteiger partial charge in [0, 0.05) is 11.6 Å². The Kier molecular flexibility index (Phi) is 7.62. The van der Waals surface area contributed by atoms with Gasteiger partial charge in [0.25, 0.3) is 0 Å². The Bertz CT molecular complexity index is 1220. The number of benzene rings is 3. The molecule has 188 valence electrons. The predicted molar refractivity (Wildman–Crippen MR) is 130 cm³/mol. The molecule has 1 saturated carbocycles. The minimum Gasteiger partial charge on any atom is -0.457 e. The molecule has 3 aromatic carbocycles. The lowest BCUT2D eigenvalue weighted by Gasteiger charge is -2.27. The number of carbonyl (C=O) groups excluding carboxylic acids is 2. The summed E-state index contributed by atoms with van der Waals surface area (Å²) in [4.78, 5) is 25.2. The minimum absolute atomic E-state index is 0.100. The Balaban J connectivity index is 1.78. The van der Waals surface area contributed by atoms with E-state index < -0.39 is 29.5 Å². The number of halogens is 3. The second-order valence-electron chi connectivity index (χ2n) is 8.93. The molecule has 0 aliphatic heterocycles. The number of rotatable bonds is 7. The van der Waals surface area contributed by atoms with Crippen molar-refractivity contribution in [2.75, 3.05) is 0 Å². The fraction of sp³-hybridized carbons (Fsp3) is 0.286. The highest BCUT2D eigenvalue weighted by Gasteiger charge is 2.38. The molecule has 4 rings (SSSR count). The average Bonchev–Trinajstić information content (AvgIpc) is 2.85. The van der Waals surface area contributed by atoms with E-state index in [1.54, 1.807) is 48.5 Å². The van der Waals surface area contributed by atoms with Crippen LogP contribution in [0.3, 0.4) is 0 Å². The van der Waals surface area contributed by atoms with Crippen molar-refractivity contribution in [1.29, 1.82) is 0 Å². The van der Waals surface area contributed by atoms with Crippen LogP contribution >= 0.6 is 0 Å². The normalized spacial score (nSPS) is 15.2. The molecule has 1 aliphatic carbocycles. The smallest absolute Gasteiger partial charge is 0.416 e. The van der Waals surface area contributed by atoms with E-state index >= 15 is 0 Å². The average molecular weight is 497 g/mol. The summed E-state index contributed by atoms with van der Waals surface area (Å²) in [5.41, 5.74) is 3.98. The van der Waals surface area contributed by atoms with Crippen molar-refractivity contribution in [2.45, 2.75) is 50.2 Å². The monoisotopic (exact) mass is 496 g/mol. The molecule has 0 heterocycles. The lowest BCUT2D eigenvalue weighted by atomic mass is 9.85. The maximum absolute atomic E-state index is 14.1. The summed E-state index contributed by atoms with van der Waals surface area (Å²) in [7, 11) is 0. The van der Waals surface area contributed by atoms with Gasteiger partial charge in [0.1, 0.15) is 11.5 Å². The van der Waals surface area contributed by atoms with Gasteiger partial charge in [0.05, 0.1) is 11.5 Å². The van der Waals surface area contributed by atoms with E-state index in [0.717, 1.165) is 32.1 Å². The number of para-hydroxylation sites is 1. The van der Waals surface area contributed by atoms with E-state index in [9.17, 15) is 22.8 Å². The van der Waals surface area contributed by atoms with Crippen LogP contribution < -0.4 is 15.8 Å². The van der Waals surface area contributed by atoms with Gasteiger partial charge in [-0.1, -0.05) is 55.7 Å². The maximum Gasteiger partial charge on any atom is 0.416 e. The molecule has 0 aromatic heterocycles. The molecule has 0 spiro atoms. The molecular formula is C28H27F3N2O3. The van der Waals surface area contributed by atoms with Crippen molar-refractivity contribution < 1.29 is 27.5 Å². The van der Waals surface area contributed by atoms with E-state index in [4.69, 9.17) is 10.5 Å². The molecule has 5 nitrogen and oxygen atoms in total. The van der Waals surface area contributed by atoms with Crippen molar-refractivity contribution in [1.82, 2.24) is 5.32 Å². The third-order valence-corrected chi connectivity index (χ3v) is 6.34. The lowest BCUT2D eigenvalue weighted by Crippen LogP contribution is -2.40. The highest BCUT2D eigenvalue weighted by molar-refractivity contribution is 5.94. The Morgan fingerprint density at radius 1 is 0.889 bits per heavy atom. The van der Waals surface area contributed by atoms with Crippen LogP contribution in [0.2, 0.25) is 0 Å². The van der Waals surface area contributed by atoms with Crippen LogP contribution in [0.5, 0.6) is 11.5 Å². The third kappa shape index (κ3) is 6.05. The number of alkyl halides is 3. The van der Waals surface area contributed by atoms with E-state index in [2.05, 4.69) is 5.32 Å². The summed E-state index contributed by atoms with van der Waals surface area (Å²) >= 11 is 0. The topological polar surface area (TPSA) is 81.4 Å². The summed E-state index contributed by atoms with van der Waals surface area (Å²) in [5.74, 6) is -1.84. The molecular weight excluding hydrogens is 469 g/mol. The largest absolute Gasteiger partial charge is 0.457 e. The van der Waals surface area contributed by atoms with Crippen LogP contribution in [0.15, 0.2) is 72.8 Å². The maximum atomic E-state index is 14.1. The third-order valence-electron chi connectivity index (χ3n) is 6.34. The van der Waals surface area contributed by atoms with Crippen LogP contribution in [0.1, 0.15) is 65.1 Å². The zero-order chi connectivity index (χ0) is 25.7. The molecule has 8 heteroatoms. The Morgan fingerprint density at radius 2 is 1.58 bits per heavy atom. The first-order valence-corrected chi connectivity index (χ1v) is 11.9. The van der Waals surface area contributed by atoms with E-state index in [-0.39, 0.29) is 17.2 Å². The van der Waals surface area contributed by atoms with Crippen LogP contribution in [0.25, 0.3) is 0 Å². The molecule has 36 heavy (non-hydrogen) atoms. The zero-order valence-corrected chi connectivity index (χ0v) is 19.6. The number of nitrogens with one attached hydrogen (secondary N) is 1. The van der Waals surface area contributed by atoms with E-state index in [1.807, 2.05) is 6.07 Å². The van der Waals surface area contributed by atoms with Crippen molar-refractivity contribution >= 4 is 11.8 Å². The molecule has 1 unspecified atom stereocenters. The number of nitrogens with two attached hydrogens (primary N) is 1. The van der Waals surface area contributed by atoms with Crippen LogP contribution in [-0.4, -0.2) is 17.9 Å². The second-order valence-corrected chi connectivity index (χ2v) is 8.93. The van der Waals surface area contributed by atoms with Gasteiger partial charge in [-0.3, -0.25) is 9.59 Å². The lowest BCUT2D eigenvalue weighted by molar-refractivity contribution is -0.138. The SMILES string of the molecule is NC(=O)c1ccc(C(C(=O)NC2CCCCC2)c2cccc(Oc3ccccc3)c2)c(C(F)(F)F)c1. The molecule has 0 saturated heterocycles. The number of hydrogen-bond donors (Lipinski definition) is 2. The van der Waals surface area contributed by atoms with Gasteiger partial charge in [-0.25, -0.2) is 0 Å². The fourth-order valence-corrected chi connectivity index (χ4v) is 4.59. The summed E-state index contributed by atoms with van der Waals surface area (Å²) in [6.45, 7) is 0. The van der Waals surface area contributed by atoms with Gasteiger partial charge in [-0.2, -0.15) is 13.2 Å². The Morgan fingerprint density at radius 3 is 2.25 bits per heavy atom. The molecule has 0 radical (unpaired) electrons. The Hall–Kier alpha value is -3.81. The van der Waals surface area contributed by atoms with Crippen molar-refractivity contribution in [3.63, 3.8) is 0 Å². The van der Waals surface area contributed by atoms with Gasteiger partial charge in [-0.05, 0) is 60.4 Å². The van der Waals surface area contributed by atoms with E-state index in [0.29, 0.717) is 23.1 Å². The van der Waals surface area contributed by atoms with Gasteiger partial charge in [0.2, 0.25) is 11.8 Å². The highest BCUT2D eigenvalue weighted by atomic mass is 19.4. The van der Waals surface area contributed by atoms with Crippen molar-refractivity contribution in [2.24, 2.45) is 5.73 Å². The van der Waals surface area contributed by atoms with Crippen LogP contribution in [0, 0.1) is 0 Å². The van der Waals surface area contributed by atoms with E-state index in [1.165, 1.54) is 12.1 Å². The highest BCUT2D eigenvalue weighted by Crippen LogP contribution is 2.39. The molecule has 3 aromatic rings. The number of ether oxygens (including phenoxy) is 1. The standard InChI is InChI=1S/C28H27F3N2O3/c29-28(30,31)24-17-19(26(32)34)14-15-23(24)25(27(35)33-20-9-3-1-4-10-20)18-8-7-13-22(16-18)36-21-11-5-2-6-12-21/h2,5-8,11-17,20,25H,1,3-4,9-10H2,(H2,32,34)(H,33,35).